The van der Waals surface area contributed by atoms with Gasteiger partial charge in [0.25, 0.3) is 5.91 Å². The second-order valence-corrected chi connectivity index (χ2v) is 8.23. The molecule has 8 heteroatoms. The first-order chi connectivity index (χ1) is 11.8. The van der Waals surface area contributed by atoms with E-state index in [9.17, 15) is 18.0 Å². The first kappa shape index (κ1) is 19.4. The molecular weight excluding hydrogens is 344 g/mol. The van der Waals surface area contributed by atoms with Crippen molar-refractivity contribution < 1.29 is 22.7 Å². The van der Waals surface area contributed by atoms with E-state index in [0.717, 1.165) is 19.3 Å². The minimum Gasteiger partial charge on any atom is -0.452 e. The van der Waals surface area contributed by atoms with Crippen molar-refractivity contribution in [3.63, 3.8) is 0 Å². The summed E-state index contributed by atoms with van der Waals surface area (Å²) in [5, 5.41) is 2.61. The Kier molecular flexibility index (Phi) is 6.55. The number of piperidine rings is 1. The Morgan fingerprint density at radius 1 is 1.12 bits per heavy atom. The maximum Gasteiger partial charge on any atom is 0.338 e. The monoisotopic (exact) mass is 368 g/mol. The number of ether oxygens (including phenoxy) is 1. The predicted molar refractivity (Wildman–Crippen MR) is 92.6 cm³/mol. The fourth-order valence-corrected chi connectivity index (χ4v) is 4.11. The molecule has 0 aliphatic carbocycles. The van der Waals surface area contributed by atoms with Crippen LogP contribution in [-0.2, 0) is 19.6 Å². The van der Waals surface area contributed by atoms with Gasteiger partial charge < -0.3 is 10.1 Å². The van der Waals surface area contributed by atoms with E-state index in [-0.39, 0.29) is 29.0 Å². The average molecular weight is 368 g/mol. The second-order valence-electron chi connectivity index (χ2n) is 6.29. The third-order valence-corrected chi connectivity index (χ3v) is 5.74. The number of nitrogens with one attached hydrogen (secondary N) is 1. The van der Waals surface area contributed by atoms with Gasteiger partial charge in [0.1, 0.15) is 0 Å². The van der Waals surface area contributed by atoms with Crippen LogP contribution in [0.15, 0.2) is 29.2 Å². The molecule has 1 aromatic carbocycles. The number of amides is 1. The molecule has 7 nitrogen and oxygen atoms in total. The zero-order valence-corrected chi connectivity index (χ0v) is 15.3. The fraction of sp³-hybridized carbons (Fsp3) is 0.529. The number of sulfonamides is 1. The van der Waals surface area contributed by atoms with Crippen LogP contribution in [0.25, 0.3) is 0 Å². The maximum absolute atomic E-state index is 12.5. The minimum atomic E-state index is -3.53. The minimum absolute atomic E-state index is 0.0366. The van der Waals surface area contributed by atoms with Gasteiger partial charge in [-0.25, -0.2) is 13.2 Å². The molecule has 0 bridgehead atoms. The molecule has 2 rings (SSSR count). The molecule has 1 N–H and O–H groups in total. The summed E-state index contributed by atoms with van der Waals surface area (Å²) in [5.41, 5.74) is 0.204. The van der Waals surface area contributed by atoms with Crippen molar-refractivity contribution in [1.29, 1.82) is 0 Å². The molecule has 1 heterocycles. The van der Waals surface area contributed by atoms with Crippen molar-refractivity contribution in [2.24, 2.45) is 0 Å². The van der Waals surface area contributed by atoms with Crippen LogP contribution in [0.4, 0.5) is 0 Å². The SMILES string of the molecule is CC(C)NC(=O)COC(=O)c1ccc(S(=O)(=O)N2CCCCC2)cc1. The molecular formula is C17H24N2O5S. The Bertz CT molecular complexity index is 707. The fourth-order valence-electron chi connectivity index (χ4n) is 2.60. The molecule has 0 saturated carbocycles. The highest BCUT2D eigenvalue weighted by atomic mass is 32.2. The van der Waals surface area contributed by atoms with Crippen LogP contribution in [-0.4, -0.2) is 50.3 Å². The van der Waals surface area contributed by atoms with Crippen molar-refractivity contribution in [3.05, 3.63) is 29.8 Å². The summed E-state index contributed by atoms with van der Waals surface area (Å²) in [7, 11) is -3.53. The van der Waals surface area contributed by atoms with E-state index < -0.39 is 16.0 Å². The van der Waals surface area contributed by atoms with Gasteiger partial charge in [0, 0.05) is 19.1 Å². The van der Waals surface area contributed by atoms with Gasteiger partial charge in [-0.05, 0) is 51.0 Å². The molecule has 0 spiro atoms. The summed E-state index contributed by atoms with van der Waals surface area (Å²) in [6, 6.07) is 5.56. The van der Waals surface area contributed by atoms with Crippen molar-refractivity contribution in [2.75, 3.05) is 19.7 Å². The van der Waals surface area contributed by atoms with Crippen molar-refractivity contribution in [2.45, 2.75) is 44.0 Å². The molecule has 138 valence electrons. The molecule has 1 aromatic rings. The Morgan fingerprint density at radius 3 is 2.28 bits per heavy atom. The van der Waals surface area contributed by atoms with Gasteiger partial charge in [0.15, 0.2) is 6.61 Å². The highest BCUT2D eigenvalue weighted by molar-refractivity contribution is 7.89. The Hall–Kier alpha value is -1.93. The molecule has 1 amide bonds. The van der Waals surface area contributed by atoms with E-state index in [2.05, 4.69) is 5.32 Å². The van der Waals surface area contributed by atoms with Crippen LogP contribution in [0.2, 0.25) is 0 Å². The smallest absolute Gasteiger partial charge is 0.338 e. The number of carbonyl (C=O) groups is 2. The summed E-state index contributed by atoms with van der Waals surface area (Å²) in [4.78, 5) is 23.6. The molecule has 0 radical (unpaired) electrons. The van der Waals surface area contributed by atoms with Crippen LogP contribution < -0.4 is 5.32 Å². The Morgan fingerprint density at radius 2 is 1.72 bits per heavy atom. The quantitative estimate of drug-likeness (QED) is 0.769. The van der Waals surface area contributed by atoms with Gasteiger partial charge >= 0.3 is 5.97 Å². The molecule has 25 heavy (non-hydrogen) atoms. The lowest BCUT2D eigenvalue weighted by molar-refractivity contribution is -0.124. The van der Waals surface area contributed by atoms with Gasteiger partial charge in [-0.3, -0.25) is 4.79 Å². The van der Waals surface area contributed by atoms with Gasteiger partial charge in [-0.2, -0.15) is 4.31 Å². The molecule has 0 aromatic heterocycles. The average Bonchev–Trinajstić information content (AvgIpc) is 2.60. The number of nitrogens with zero attached hydrogens (tertiary/aromatic N) is 1. The number of hydrogen-bond acceptors (Lipinski definition) is 5. The van der Waals surface area contributed by atoms with E-state index in [4.69, 9.17) is 4.74 Å². The number of rotatable bonds is 6. The summed E-state index contributed by atoms with van der Waals surface area (Å²) in [5.74, 6) is -1.05. The van der Waals surface area contributed by atoms with E-state index in [1.807, 2.05) is 0 Å². The lowest BCUT2D eigenvalue weighted by Gasteiger charge is -2.25. The zero-order valence-electron chi connectivity index (χ0n) is 14.5. The van der Waals surface area contributed by atoms with E-state index >= 15 is 0 Å². The van der Waals surface area contributed by atoms with Crippen LogP contribution in [0, 0.1) is 0 Å². The summed E-state index contributed by atoms with van der Waals surface area (Å²) in [6.07, 6.45) is 2.77. The van der Waals surface area contributed by atoms with E-state index in [1.165, 1.54) is 28.6 Å². The topological polar surface area (TPSA) is 92.8 Å². The summed E-state index contributed by atoms with van der Waals surface area (Å²) >= 11 is 0. The summed E-state index contributed by atoms with van der Waals surface area (Å²) < 4.78 is 31.5. The predicted octanol–water partition coefficient (Wildman–Crippen LogP) is 1.54. The van der Waals surface area contributed by atoms with Crippen LogP contribution >= 0.6 is 0 Å². The number of carbonyl (C=O) groups excluding carboxylic acids is 2. The van der Waals surface area contributed by atoms with Gasteiger partial charge in [-0.1, -0.05) is 6.42 Å². The number of hydrogen-bond donors (Lipinski definition) is 1. The summed E-state index contributed by atoms with van der Waals surface area (Å²) in [6.45, 7) is 4.29. The normalized spacial score (nSPS) is 15.8. The highest BCUT2D eigenvalue weighted by Crippen LogP contribution is 2.21. The van der Waals surface area contributed by atoms with E-state index in [1.54, 1.807) is 13.8 Å². The molecule has 0 unspecified atom stereocenters. The first-order valence-corrected chi connectivity index (χ1v) is 9.81. The van der Waals surface area contributed by atoms with Gasteiger partial charge in [0.2, 0.25) is 10.0 Å². The van der Waals surface area contributed by atoms with E-state index in [0.29, 0.717) is 13.1 Å². The molecule has 1 saturated heterocycles. The van der Waals surface area contributed by atoms with Crippen molar-refractivity contribution >= 4 is 21.9 Å². The Balaban J connectivity index is 1.99. The third-order valence-electron chi connectivity index (χ3n) is 3.83. The van der Waals surface area contributed by atoms with Crippen LogP contribution in [0.5, 0.6) is 0 Å². The van der Waals surface area contributed by atoms with Crippen molar-refractivity contribution in [1.82, 2.24) is 9.62 Å². The molecule has 1 aliphatic rings. The molecule has 0 atom stereocenters. The van der Waals surface area contributed by atoms with Gasteiger partial charge in [0.05, 0.1) is 10.5 Å². The number of benzene rings is 1. The molecule has 1 fully saturated rings. The largest absolute Gasteiger partial charge is 0.452 e. The third kappa shape index (κ3) is 5.27. The highest BCUT2D eigenvalue weighted by Gasteiger charge is 2.26. The maximum atomic E-state index is 12.5. The van der Waals surface area contributed by atoms with Crippen molar-refractivity contribution in [3.8, 4) is 0 Å². The lowest BCUT2D eigenvalue weighted by Crippen LogP contribution is -2.35. The lowest BCUT2D eigenvalue weighted by atomic mass is 10.2. The van der Waals surface area contributed by atoms with Crippen LogP contribution in [0.3, 0.4) is 0 Å². The van der Waals surface area contributed by atoms with Crippen LogP contribution in [0.1, 0.15) is 43.5 Å². The first-order valence-electron chi connectivity index (χ1n) is 8.37. The Labute approximate surface area is 148 Å². The second kappa shape index (κ2) is 8.44. The number of esters is 1. The molecule has 1 aliphatic heterocycles. The van der Waals surface area contributed by atoms with Gasteiger partial charge in [-0.15, -0.1) is 0 Å². The zero-order chi connectivity index (χ0) is 18.4. The standard InChI is InChI=1S/C17H24N2O5S/c1-13(2)18-16(20)12-24-17(21)14-6-8-15(9-7-14)25(22,23)19-10-4-3-5-11-19/h6-9,13H,3-5,10-12H2,1-2H3,(H,18,20).